The predicted octanol–water partition coefficient (Wildman–Crippen LogP) is 2.77. The van der Waals surface area contributed by atoms with Crippen LogP contribution in [0.2, 0.25) is 0 Å². The third-order valence-electron chi connectivity index (χ3n) is 2.57. The molecule has 1 heterocycles. The first-order chi connectivity index (χ1) is 8.06. The fourth-order valence-electron chi connectivity index (χ4n) is 1.60. The lowest BCUT2D eigenvalue weighted by Gasteiger charge is -2.17. The van der Waals surface area contributed by atoms with E-state index in [4.69, 9.17) is 4.74 Å². The van der Waals surface area contributed by atoms with Crippen LogP contribution in [-0.4, -0.2) is 22.3 Å². The van der Waals surface area contributed by atoms with Crippen molar-refractivity contribution < 1.29 is 9.84 Å². The van der Waals surface area contributed by atoms with Gasteiger partial charge < -0.3 is 9.84 Å². The van der Waals surface area contributed by atoms with Crippen LogP contribution in [0.25, 0.3) is 10.9 Å². The Morgan fingerprint density at radius 3 is 2.76 bits per heavy atom. The highest BCUT2D eigenvalue weighted by atomic mass is 16.5. The van der Waals surface area contributed by atoms with E-state index < -0.39 is 5.60 Å². The first-order valence-corrected chi connectivity index (χ1v) is 5.75. The molecule has 3 nitrogen and oxygen atoms in total. The van der Waals surface area contributed by atoms with E-state index in [0.29, 0.717) is 13.0 Å². The molecule has 0 aliphatic heterocycles. The second-order valence-corrected chi connectivity index (χ2v) is 4.74. The molecule has 1 aromatic heterocycles. The topological polar surface area (TPSA) is 42.4 Å². The van der Waals surface area contributed by atoms with Gasteiger partial charge in [-0.15, -0.1) is 0 Å². The summed E-state index contributed by atoms with van der Waals surface area (Å²) in [6.07, 6.45) is 2.35. The lowest BCUT2D eigenvalue weighted by molar-refractivity contribution is 0.0555. The molecule has 17 heavy (non-hydrogen) atoms. The summed E-state index contributed by atoms with van der Waals surface area (Å²) in [5, 5.41) is 10.7. The number of pyridine rings is 1. The van der Waals surface area contributed by atoms with Gasteiger partial charge >= 0.3 is 0 Å². The van der Waals surface area contributed by atoms with E-state index in [9.17, 15) is 5.11 Å². The second-order valence-electron chi connectivity index (χ2n) is 4.74. The van der Waals surface area contributed by atoms with E-state index in [1.807, 2.05) is 30.3 Å². The Kier molecular flexibility index (Phi) is 3.29. The third kappa shape index (κ3) is 3.17. The van der Waals surface area contributed by atoms with E-state index in [1.165, 1.54) is 0 Å². The molecule has 1 N–H and O–H groups in total. The quantitative estimate of drug-likeness (QED) is 0.879. The summed E-state index contributed by atoms with van der Waals surface area (Å²) >= 11 is 0. The Balaban J connectivity index is 2.13. The smallest absolute Gasteiger partial charge is 0.145 e. The van der Waals surface area contributed by atoms with E-state index in [2.05, 4.69) is 4.98 Å². The normalized spacial score (nSPS) is 11.7. The van der Waals surface area contributed by atoms with Crippen LogP contribution in [-0.2, 0) is 0 Å². The van der Waals surface area contributed by atoms with Crippen molar-refractivity contribution in [3.8, 4) is 5.75 Å². The van der Waals surface area contributed by atoms with Crippen LogP contribution in [0.15, 0.2) is 36.5 Å². The molecule has 0 amide bonds. The van der Waals surface area contributed by atoms with Crippen molar-refractivity contribution in [3.05, 3.63) is 36.5 Å². The summed E-state index contributed by atoms with van der Waals surface area (Å²) in [6.45, 7) is 4.04. The number of hydrogen-bond donors (Lipinski definition) is 1. The zero-order valence-corrected chi connectivity index (χ0v) is 10.2. The number of fused-ring (bicyclic) bond motifs is 1. The van der Waals surface area contributed by atoms with Crippen LogP contribution >= 0.6 is 0 Å². The average molecular weight is 231 g/mol. The van der Waals surface area contributed by atoms with Crippen molar-refractivity contribution >= 4 is 10.9 Å². The molecule has 0 radical (unpaired) electrons. The molecule has 0 saturated carbocycles. The Bertz CT molecular complexity index is 498. The molecule has 0 unspecified atom stereocenters. The fourth-order valence-corrected chi connectivity index (χ4v) is 1.60. The molecule has 0 fully saturated rings. The first-order valence-electron chi connectivity index (χ1n) is 5.75. The molecule has 0 atom stereocenters. The molecule has 0 saturated heterocycles. The SMILES string of the molecule is CC(C)(O)CCOc1cccc2cccnc12. The Morgan fingerprint density at radius 1 is 1.24 bits per heavy atom. The summed E-state index contributed by atoms with van der Waals surface area (Å²) in [5.74, 6) is 0.771. The van der Waals surface area contributed by atoms with Crippen LogP contribution in [0, 0.1) is 0 Å². The minimum atomic E-state index is -0.696. The number of para-hydroxylation sites is 1. The molecule has 90 valence electrons. The highest BCUT2D eigenvalue weighted by Gasteiger charge is 2.12. The van der Waals surface area contributed by atoms with E-state index in [-0.39, 0.29) is 0 Å². The number of nitrogens with zero attached hydrogens (tertiary/aromatic N) is 1. The predicted molar refractivity (Wildman–Crippen MR) is 68.2 cm³/mol. The molecule has 2 rings (SSSR count). The number of aromatic nitrogens is 1. The maximum absolute atomic E-state index is 9.61. The molecule has 1 aromatic carbocycles. The van der Waals surface area contributed by atoms with E-state index in [1.54, 1.807) is 20.0 Å². The number of aliphatic hydroxyl groups is 1. The number of ether oxygens (including phenoxy) is 1. The Hall–Kier alpha value is -1.61. The summed E-state index contributed by atoms with van der Waals surface area (Å²) in [7, 11) is 0. The molecule has 2 aromatic rings. The van der Waals surface area contributed by atoms with Gasteiger partial charge in [0.15, 0.2) is 0 Å². The summed E-state index contributed by atoms with van der Waals surface area (Å²) in [4.78, 5) is 4.31. The summed E-state index contributed by atoms with van der Waals surface area (Å²) in [5.41, 5.74) is 0.170. The van der Waals surface area contributed by atoms with Gasteiger partial charge in [-0.05, 0) is 26.0 Å². The molecule has 3 heteroatoms. The minimum absolute atomic E-state index is 0.485. The average Bonchev–Trinajstić information content (AvgIpc) is 2.28. The van der Waals surface area contributed by atoms with Crippen LogP contribution in [0.5, 0.6) is 5.75 Å². The summed E-state index contributed by atoms with van der Waals surface area (Å²) in [6, 6.07) is 9.77. The summed E-state index contributed by atoms with van der Waals surface area (Å²) < 4.78 is 5.67. The van der Waals surface area contributed by atoms with Crippen molar-refractivity contribution in [3.63, 3.8) is 0 Å². The van der Waals surface area contributed by atoms with Crippen molar-refractivity contribution in [2.24, 2.45) is 0 Å². The van der Waals surface area contributed by atoms with Gasteiger partial charge in [0.2, 0.25) is 0 Å². The molecular formula is C14H17NO2. The molecular weight excluding hydrogens is 214 g/mol. The fraction of sp³-hybridized carbons (Fsp3) is 0.357. The van der Waals surface area contributed by atoms with Crippen LogP contribution in [0.1, 0.15) is 20.3 Å². The largest absolute Gasteiger partial charge is 0.491 e. The van der Waals surface area contributed by atoms with Crippen molar-refractivity contribution in [2.45, 2.75) is 25.9 Å². The van der Waals surface area contributed by atoms with Crippen LogP contribution in [0.3, 0.4) is 0 Å². The number of benzene rings is 1. The van der Waals surface area contributed by atoms with Crippen molar-refractivity contribution in [1.29, 1.82) is 0 Å². The maximum Gasteiger partial charge on any atom is 0.145 e. The van der Waals surface area contributed by atoms with Crippen LogP contribution < -0.4 is 4.74 Å². The highest BCUT2D eigenvalue weighted by Crippen LogP contribution is 2.23. The van der Waals surface area contributed by atoms with Gasteiger partial charge in [-0.2, -0.15) is 0 Å². The number of rotatable bonds is 4. The van der Waals surface area contributed by atoms with Gasteiger partial charge in [0.05, 0.1) is 12.2 Å². The van der Waals surface area contributed by atoms with Gasteiger partial charge in [-0.1, -0.05) is 18.2 Å². The standard InChI is InChI=1S/C14H17NO2/c1-14(2,16)8-10-17-12-7-3-5-11-6-4-9-15-13(11)12/h3-7,9,16H,8,10H2,1-2H3. The molecule has 0 spiro atoms. The highest BCUT2D eigenvalue weighted by molar-refractivity contribution is 5.84. The van der Waals surface area contributed by atoms with Crippen molar-refractivity contribution in [2.75, 3.05) is 6.61 Å². The zero-order chi connectivity index (χ0) is 12.3. The lowest BCUT2D eigenvalue weighted by Crippen LogP contribution is -2.21. The van der Waals surface area contributed by atoms with Gasteiger partial charge in [-0.3, -0.25) is 4.98 Å². The third-order valence-corrected chi connectivity index (χ3v) is 2.57. The van der Waals surface area contributed by atoms with Crippen molar-refractivity contribution in [1.82, 2.24) is 4.98 Å². The van der Waals surface area contributed by atoms with Gasteiger partial charge in [0, 0.05) is 18.0 Å². The van der Waals surface area contributed by atoms with Gasteiger partial charge in [0.1, 0.15) is 11.3 Å². The minimum Gasteiger partial charge on any atom is -0.491 e. The molecule has 0 bridgehead atoms. The zero-order valence-electron chi connectivity index (χ0n) is 10.2. The second kappa shape index (κ2) is 4.72. The van der Waals surface area contributed by atoms with Gasteiger partial charge in [0.25, 0.3) is 0 Å². The first kappa shape index (κ1) is 11.9. The maximum atomic E-state index is 9.61. The molecule has 0 aliphatic carbocycles. The molecule has 0 aliphatic rings. The van der Waals surface area contributed by atoms with E-state index >= 15 is 0 Å². The number of hydrogen-bond acceptors (Lipinski definition) is 3. The Morgan fingerprint density at radius 2 is 2.00 bits per heavy atom. The van der Waals surface area contributed by atoms with Gasteiger partial charge in [-0.25, -0.2) is 0 Å². The monoisotopic (exact) mass is 231 g/mol. The lowest BCUT2D eigenvalue weighted by atomic mass is 10.1. The van der Waals surface area contributed by atoms with Crippen LogP contribution in [0.4, 0.5) is 0 Å². The van der Waals surface area contributed by atoms with E-state index in [0.717, 1.165) is 16.7 Å². The Labute approximate surface area is 101 Å².